The Morgan fingerprint density at radius 3 is 2.31 bits per heavy atom. The van der Waals surface area contributed by atoms with Crippen LogP contribution in [0.4, 0.5) is 11.4 Å². The van der Waals surface area contributed by atoms with Gasteiger partial charge in [-0.2, -0.15) is 0 Å². The molecule has 1 fully saturated rings. The molecule has 7 nitrogen and oxygen atoms in total. The number of piperazine rings is 1. The summed E-state index contributed by atoms with van der Waals surface area (Å²) in [6.07, 6.45) is 0. The van der Waals surface area contributed by atoms with Gasteiger partial charge in [0.1, 0.15) is 0 Å². The highest BCUT2D eigenvalue weighted by atomic mass is 32.2. The van der Waals surface area contributed by atoms with E-state index in [1.54, 1.807) is 42.5 Å². The maximum absolute atomic E-state index is 13.1. The first-order valence-electron chi connectivity index (χ1n) is 11.9. The van der Waals surface area contributed by atoms with Crippen LogP contribution in [0.2, 0.25) is 0 Å². The second-order valence-corrected chi connectivity index (χ2v) is 10.6. The molecule has 0 aromatic heterocycles. The molecule has 0 spiro atoms. The highest BCUT2D eigenvalue weighted by Crippen LogP contribution is 2.30. The second kappa shape index (κ2) is 10.9. The van der Waals surface area contributed by atoms with E-state index < -0.39 is 10.0 Å². The summed E-state index contributed by atoms with van der Waals surface area (Å²) in [7, 11) is -3.81. The molecular formula is C27H32N4O3S. The Kier molecular flexibility index (Phi) is 7.73. The average molecular weight is 493 g/mol. The fourth-order valence-electron chi connectivity index (χ4n) is 4.05. The summed E-state index contributed by atoms with van der Waals surface area (Å²) in [4.78, 5) is 15.3. The predicted octanol–water partition coefficient (Wildman–Crippen LogP) is 3.95. The minimum absolute atomic E-state index is 0.172. The number of hydrogen-bond acceptors (Lipinski definition) is 5. The molecule has 35 heavy (non-hydrogen) atoms. The van der Waals surface area contributed by atoms with E-state index in [-0.39, 0.29) is 10.8 Å². The molecule has 1 heterocycles. The van der Waals surface area contributed by atoms with E-state index in [0.29, 0.717) is 23.7 Å². The Morgan fingerprint density at radius 1 is 0.971 bits per heavy atom. The minimum atomic E-state index is -3.81. The molecule has 0 aliphatic carbocycles. The predicted molar refractivity (Wildman–Crippen MR) is 140 cm³/mol. The van der Waals surface area contributed by atoms with Crippen LogP contribution in [-0.2, 0) is 16.6 Å². The number of nitrogens with zero attached hydrogens (tertiary/aromatic N) is 1. The lowest BCUT2D eigenvalue weighted by Gasteiger charge is -2.31. The Balaban J connectivity index is 1.56. The number of carbonyl (C=O) groups excluding carboxylic acids is 1. The summed E-state index contributed by atoms with van der Waals surface area (Å²) in [5.74, 6) is 0.191. The molecule has 0 saturated carbocycles. The zero-order valence-electron chi connectivity index (χ0n) is 20.1. The fraction of sp³-hybridized carbons (Fsp3) is 0.296. The quantitative estimate of drug-likeness (QED) is 0.443. The summed E-state index contributed by atoms with van der Waals surface area (Å²) in [5, 5.41) is 6.25. The Hall–Kier alpha value is -3.36. The number of carbonyl (C=O) groups is 1. The van der Waals surface area contributed by atoms with Gasteiger partial charge in [-0.25, -0.2) is 8.42 Å². The molecular weight excluding hydrogens is 460 g/mol. The van der Waals surface area contributed by atoms with E-state index in [2.05, 4.69) is 46.2 Å². The number of rotatable bonds is 8. The number of benzene rings is 3. The smallest absolute Gasteiger partial charge is 0.261 e. The lowest BCUT2D eigenvalue weighted by molar-refractivity contribution is 0.0951. The molecule has 1 amide bonds. The zero-order chi connectivity index (χ0) is 24.8. The molecule has 1 aliphatic heterocycles. The van der Waals surface area contributed by atoms with Crippen LogP contribution in [0.15, 0.2) is 77.7 Å². The van der Waals surface area contributed by atoms with Crippen molar-refractivity contribution >= 4 is 27.3 Å². The van der Waals surface area contributed by atoms with Crippen molar-refractivity contribution in [2.45, 2.75) is 31.2 Å². The van der Waals surface area contributed by atoms with Gasteiger partial charge in [0.05, 0.1) is 16.3 Å². The van der Waals surface area contributed by atoms with Crippen LogP contribution in [0.3, 0.4) is 0 Å². The highest BCUT2D eigenvalue weighted by molar-refractivity contribution is 7.92. The largest absolute Gasteiger partial charge is 0.367 e. The van der Waals surface area contributed by atoms with E-state index in [1.807, 2.05) is 18.2 Å². The van der Waals surface area contributed by atoms with Gasteiger partial charge in [0.25, 0.3) is 15.9 Å². The van der Waals surface area contributed by atoms with Crippen molar-refractivity contribution < 1.29 is 13.2 Å². The van der Waals surface area contributed by atoms with Gasteiger partial charge in [-0.05, 0) is 47.4 Å². The third kappa shape index (κ3) is 6.21. The molecule has 0 bridgehead atoms. The van der Waals surface area contributed by atoms with Gasteiger partial charge in [0, 0.05) is 38.3 Å². The summed E-state index contributed by atoms with van der Waals surface area (Å²) >= 11 is 0. The summed E-state index contributed by atoms with van der Waals surface area (Å²) in [6, 6.07) is 21.6. The first-order chi connectivity index (χ1) is 16.8. The van der Waals surface area contributed by atoms with E-state index in [9.17, 15) is 13.2 Å². The van der Waals surface area contributed by atoms with Crippen LogP contribution in [0.5, 0.6) is 0 Å². The molecule has 8 heteroatoms. The van der Waals surface area contributed by atoms with Crippen LogP contribution in [0.1, 0.15) is 41.3 Å². The zero-order valence-corrected chi connectivity index (χ0v) is 20.9. The van der Waals surface area contributed by atoms with E-state index in [1.165, 1.54) is 5.56 Å². The minimum Gasteiger partial charge on any atom is -0.367 e. The molecule has 1 aliphatic rings. The van der Waals surface area contributed by atoms with Crippen molar-refractivity contribution in [2.75, 3.05) is 35.8 Å². The van der Waals surface area contributed by atoms with Gasteiger partial charge >= 0.3 is 0 Å². The van der Waals surface area contributed by atoms with Gasteiger partial charge < -0.3 is 15.5 Å². The van der Waals surface area contributed by atoms with Crippen molar-refractivity contribution in [1.82, 2.24) is 10.6 Å². The molecule has 0 atom stereocenters. The first-order valence-corrected chi connectivity index (χ1v) is 13.4. The third-order valence-corrected chi connectivity index (χ3v) is 7.50. The van der Waals surface area contributed by atoms with Crippen molar-refractivity contribution in [3.63, 3.8) is 0 Å². The monoisotopic (exact) mass is 492 g/mol. The second-order valence-electron chi connectivity index (χ2n) is 8.97. The molecule has 3 N–H and O–H groups in total. The lowest BCUT2D eigenvalue weighted by Crippen LogP contribution is -2.43. The third-order valence-electron chi connectivity index (χ3n) is 6.11. The molecule has 3 aromatic carbocycles. The lowest BCUT2D eigenvalue weighted by atomic mass is 10.0. The standard InChI is InChI=1S/C27H32N4O3S/c1-20(2)22-10-8-21(9-11-22)19-29-27(32)23-12-13-26(31-16-14-28-15-17-31)25(18-23)30-35(33,34)24-6-4-3-5-7-24/h3-13,18,20,28,30H,14-17,19H2,1-2H3,(H,29,32). The average Bonchev–Trinajstić information content (AvgIpc) is 2.88. The normalized spacial score (nSPS) is 14.1. The summed E-state index contributed by atoms with van der Waals surface area (Å²) in [6.45, 7) is 7.79. The van der Waals surface area contributed by atoms with E-state index in [0.717, 1.165) is 37.4 Å². The molecule has 0 unspecified atom stereocenters. The van der Waals surface area contributed by atoms with E-state index >= 15 is 0 Å². The van der Waals surface area contributed by atoms with E-state index in [4.69, 9.17) is 0 Å². The topological polar surface area (TPSA) is 90.5 Å². The molecule has 184 valence electrons. The Bertz CT molecular complexity index is 1250. The van der Waals surface area contributed by atoms with Crippen LogP contribution >= 0.6 is 0 Å². The SMILES string of the molecule is CC(C)c1ccc(CNC(=O)c2ccc(N3CCNCC3)c(NS(=O)(=O)c3ccccc3)c2)cc1. The molecule has 4 rings (SSSR count). The first kappa shape index (κ1) is 24.8. The Morgan fingerprint density at radius 2 is 1.66 bits per heavy atom. The van der Waals surface area contributed by atoms with Gasteiger partial charge in [-0.1, -0.05) is 56.3 Å². The number of sulfonamides is 1. The van der Waals surface area contributed by atoms with Gasteiger partial charge in [0.2, 0.25) is 0 Å². The molecule has 3 aromatic rings. The summed E-state index contributed by atoms with van der Waals surface area (Å²) < 4.78 is 28.8. The maximum atomic E-state index is 13.1. The summed E-state index contributed by atoms with van der Waals surface area (Å²) in [5.41, 5.74) is 3.80. The van der Waals surface area contributed by atoms with Crippen LogP contribution in [-0.4, -0.2) is 40.5 Å². The van der Waals surface area contributed by atoms with Crippen LogP contribution in [0, 0.1) is 0 Å². The van der Waals surface area contributed by atoms with Gasteiger partial charge in [0.15, 0.2) is 0 Å². The molecule has 1 saturated heterocycles. The van der Waals surface area contributed by atoms with Crippen molar-refractivity contribution in [3.8, 4) is 0 Å². The highest BCUT2D eigenvalue weighted by Gasteiger charge is 2.21. The fourth-order valence-corrected chi connectivity index (χ4v) is 5.13. The van der Waals surface area contributed by atoms with Gasteiger partial charge in [-0.15, -0.1) is 0 Å². The van der Waals surface area contributed by atoms with Crippen LogP contribution in [0.25, 0.3) is 0 Å². The van der Waals surface area contributed by atoms with Gasteiger partial charge in [-0.3, -0.25) is 9.52 Å². The number of amides is 1. The van der Waals surface area contributed by atoms with Crippen molar-refractivity contribution in [2.24, 2.45) is 0 Å². The molecule has 0 radical (unpaired) electrons. The number of nitrogens with one attached hydrogen (secondary N) is 3. The van der Waals surface area contributed by atoms with Crippen molar-refractivity contribution in [1.29, 1.82) is 0 Å². The van der Waals surface area contributed by atoms with Crippen LogP contribution < -0.4 is 20.3 Å². The number of anilines is 2. The maximum Gasteiger partial charge on any atom is 0.261 e. The number of hydrogen-bond donors (Lipinski definition) is 3. The van der Waals surface area contributed by atoms with Crippen molar-refractivity contribution in [3.05, 3.63) is 89.5 Å². The Labute approximate surface area is 207 Å².